The molecule has 31 heavy (non-hydrogen) atoms. The molecule has 0 spiro atoms. The number of fused-ring (bicyclic) bond motifs is 1. The first-order valence-electron chi connectivity index (χ1n) is 9.85. The second-order valence-electron chi connectivity index (χ2n) is 8.29. The van der Waals surface area contributed by atoms with E-state index in [9.17, 15) is 14.7 Å². The number of hydrogen-bond donors (Lipinski definition) is 2. The van der Waals surface area contributed by atoms with Gasteiger partial charge in [-0.15, -0.1) is 11.3 Å². The summed E-state index contributed by atoms with van der Waals surface area (Å²) >= 11 is 1.25. The fourth-order valence-corrected chi connectivity index (χ4v) is 5.03. The summed E-state index contributed by atoms with van der Waals surface area (Å²) in [4.78, 5) is 23.7. The van der Waals surface area contributed by atoms with E-state index in [2.05, 4.69) is 5.09 Å². The van der Waals surface area contributed by atoms with Gasteiger partial charge in [0.1, 0.15) is 17.2 Å². The van der Waals surface area contributed by atoms with Gasteiger partial charge in [-0.2, -0.15) is 0 Å². The topological polar surface area (TPSA) is 84.9 Å². The van der Waals surface area contributed by atoms with E-state index in [1.807, 2.05) is 69.3 Å². The van der Waals surface area contributed by atoms with Crippen molar-refractivity contribution < 1.29 is 24.0 Å². The van der Waals surface area contributed by atoms with Gasteiger partial charge in [0, 0.05) is 10.9 Å². The zero-order valence-corrected chi connectivity index (χ0v) is 19.5. The number of carbonyl (C=O) groups is 2. The van der Waals surface area contributed by atoms with Crippen LogP contribution < -0.4 is 9.61 Å². The maximum Gasteiger partial charge on any atom is 0.345 e. The number of rotatable bonds is 9. The molecule has 164 valence electrons. The van der Waals surface area contributed by atoms with Gasteiger partial charge < -0.3 is 14.4 Å². The Balaban J connectivity index is 1.70. The molecule has 3 rings (SSSR count). The van der Waals surface area contributed by atoms with Crippen LogP contribution in [0.15, 0.2) is 54.6 Å². The van der Waals surface area contributed by atoms with Crippen molar-refractivity contribution in [2.45, 2.75) is 26.9 Å². The molecule has 0 aliphatic heterocycles. The maximum atomic E-state index is 12.2. The Morgan fingerprint density at radius 3 is 2.52 bits per heavy atom. The monoisotopic (exact) mass is 459 g/mol. The normalized spacial score (nSPS) is 12.5. The highest BCUT2D eigenvalue weighted by molar-refractivity contribution is 7.50. The highest BCUT2D eigenvalue weighted by Gasteiger charge is 2.18. The van der Waals surface area contributed by atoms with Crippen LogP contribution in [-0.2, 0) is 15.7 Å². The maximum absolute atomic E-state index is 12.2. The molecule has 0 amide bonds. The zero-order valence-electron chi connectivity index (χ0n) is 17.8. The minimum absolute atomic E-state index is 0.0540. The van der Waals surface area contributed by atoms with Crippen LogP contribution in [0, 0.1) is 5.41 Å². The number of benzene rings is 2. The van der Waals surface area contributed by atoms with Gasteiger partial charge in [-0.3, -0.25) is 9.88 Å². The van der Waals surface area contributed by atoms with Crippen molar-refractivity contribution in [3.8, 4) is 5.75 Å². The van der Waals surface area contributed by atoms with Gasteiger partial charge in [0.15, 0.2) is 8.30 Å². The Morgan fingerprint density at radius 2 is 1.84 bits per heavy atom. The van der Waals surface area contributed by atoms with Crippen molar-refractivity contribution in [2.75, 3.05) is 13.2 Å². The fourth-order valence-electron chi connectivity index (χ4n) is 2.69. The first-order valence-corrected chi connectivity index (χ1v) is 12.1. The molecule has 0 aliphatic rings. The number of nitrogens with one attached hydrogen (secondary N) is 1. The van der Waals surface area contributed by atoms with Crippen LogP contribution >= 0.6 is 19.6 Å². The molecule has 1 aromatic heterocycles. The molecule has 1 unspecified atom stereocenters. The minimum atomic E-state index is -1.21. The predicted molar refractivity (Wildman–Crippen MR) is 125 cm³/mol. The molecule has 0 radical (unpaired) electrons. The van der Waals surface area contributed by atoms with Gasteiger partial charge in [0.2, 0.25) is 0 Å². The molecule has 1 atom stereocenters. The molecule has 0 fully saturated rings. The van der Waals surface area contributed by atoms with Crippen molar-refractivity contribution in [3.05, 3.63) is 65.0 Å². The van der Waals surface area contributed by atoms with Gasteiger partial charge in [0.25, 0.3) is 0 Å². The predicted octanol–water partition coefficient (Wildman–Crippen LogP) is 5.67. The van der Waals surface area contributed by atoms with Crippen LogP contribution in [0.1, 0.15) is 36.0 Å². The smallest absolute Gasteiger partial charge is 0.345 e. The number of aromatic carboxylic acids is 1. The molecule has 2 aromatic carbocycles. The third-order valence-electron chi connectivity index (χ3n) is 4.14. The van der Waals surface area contributed by atoms with E-state index < -0.39 is 14.3 Å². The molecule has 0 saturated carbocycles. The summed E-state index contributed by atoms with van der Waals surface area (Å²) in [5, 5.41) is 13.3. The Bertz CT molecular complexity index is 1050. The van der Waals surface area contributed by atoms with Gasteiger partial charge in [-0.1, -0.05) is 45.0 Å². The third-order valence-corrected chi connectivity index (χ3v) is 6.84. The van der Waals surface area contributed by atoms with Crippen molar-refractivity contribution in [2.24, 2.45) is 5.41 Å². The largest absolute Gasteiger partial charge is 0.477 e. The van der Waals surface area contributed by atoms with Crippen molar-refractivity contribution >= 4 is 41.7 Å². The molecule has 0 aliphatic carbocycles. The highest BCUT2D eigenvalue weighted by atomic mass is 32.1. The third kappa shape index (κ3) is 7.31. The van der Waals surface area contributed by atoms with Crippen LogP contribution in [-0.4, -0.2) is 30.2 Å². The Hall–Kier alpha value is -2.47. The van der Waals surface area contributed by atoms with E-state index in [0.29, 0.717) is 23.4 Å². The van der Waals surface area contributed by atoms with Gasteiger partial charge in [-0.05, 0) is 46.7 Å². The van der Waals surface area contributed by atoms with Crippen molar-refractivity contribution in [1.29, 1.82) is 0 Å². The highest BCUT2D eigenvalue weighted by Crippen LogP contribution is 2.39. The summed E-state index contributed by atoms with van der Waals surface area (Å²) < 4.78 is 12.4. The van der Waals surface area contributed by atoms with Crippen LogP contribution in [0.2, 0.25) is 0 Å². The first kappa shape index (κ1) is 23.2. The summed E-state index contributed by atoms with van der Waals surface area (Å²) in [6, 6.07) is 17.0. The number of carboxylic acid groups (broad SMARTS) is 1. The Labute approximate surface area is 187 Å². The number of ether oxygens (including phenoxy) is 1. The summed E-state index contributed by atoms with van der Waals surface area (Å²) in [7, 11) is -1.21. The van der Waals surface area contributed by atoms with Crippen LogP contribution in [0.5, 0.6) is 5.75 Å². The van der Waals surface area contributed by atoms with Crippen LogP contribution in [0.3, 0.4) is 0 Å². The summed E-state index contributed by atoms with van der Waals surface area (Å²) in [6.07, 6.45) is 0.560. The lowest BCUT2D eigenvalue weighted by Gasteiger charge is -2.21. The molecule has 6 nitrogen and oxygen atoms in total. The molecular formula is C23H26NO5PS. The van der Waals surface area contributed by atoms with E-state index >= 15 is 0 Å². The molecule has 8 heteroatoms. The van der Waals surface area contributed by atoms with E-state index in [1.54, 1.807) is 6.07 Å². The lowest BCUT2D eigenvalue weighted by Crippen LogP contribution is -2.26. The lowest BCUT2D eigenvalue weighted by molar-refractivity contribution is -0.144. The summed E-state index contributed by atoms with van der Waals surface area (Å²) in [5.41, 5.74) is 0.908. The second-order valence-corrected chi connectivity index (χ2v) is 10.9. The van der Waals surface area contributed by atoms with E-state index in [-0.39, 0.29) is 17.9 Å². The summed E-state index contributed by atoms with van der Waals surface area (Å²) in [5.74, 6) is -0.528. The number of hydrogen-bond acceptors (Lipinski definition) is 6. The number of carboxylic acids is 1. The fraction of sp³-hybridized carbons (Fsp3) is 0.304. The van der Waals surface area contributed by atoms with Gasteiger partial charge >= 0.3 is 11.9 Å². The molecule has 0 bridgehead atoms. The quantitative estimate of drug-likeness (QED) is 0.317. The van der Waals surface area contributed by atoms with Crippen molar-refractivity contribution in [3.63, 3.8) is 0 Å². The second kappa shape index (κ2) is 10.2. The SMILES string of the molecule is CC(C)(C)COC(=O)CNP(Cc1ccc2sc(C(=O)O)cc2c1)Oc1ccccc1. The van der Waals surface area contributed by atoms with Gasteiger partial charge in [0.05, 0.1) is 6.61 Å². The standard InChI is InChI=1S/C23H26NO5PS/c1-23(2,3)15-28-21(25)13-24-30(29-18-7-5-4-6-8-18)14-16-9-10-19-17(11-16)12-20(31-19)22(26)27/h4-12,24H,13-15H2,1-3H3,(H,26,27). The average molecular weight is 460 g/mol. The van der Waals surface area contributed by atoms with Gasteiger partial charge in [-0.25, -0.2) is 4.79 Å². The molecule has 1 heterocycles. The Kier molecular flexibility index (Phi) is 7.65. The first-order chi connectivity index (χ1) is 14.7. The molecule has 3 aromatic rings. The number of carbonyl (C=O) groups excluding carboxylic acids is 1. The van der Waals surface area contributed by atoms with Crippen molar-refractivity contribution in [1.82, 2.24) is 5.09 Å². The average Bonchev–Trinajstić information content (AvgIpc) is 3.14. The lowest BCUT2D eigenvalue weighted by atomic mass is 9.99. The number of para-hydroxylation sites is 1. The minimum Gasteiger partial charge on any atom is -0.477 e. The van der Waals surface area contributed by atoms with Crippen LogP contribution in [0.25, 0.3) is 10.1 Å². The number of thiophene rings is 1. The van der Waals surface area contributed by atoms with Crippen LogP contribution in [0.4, 0.5) is 0 Å². The van der Waals surface area contributed by atoms with E-state index in [4.69, 9.17) is 9.26 Å². The number of esters is 1. The van der Waals surface area contributed by atoms with E-state index in [0.717, 1.165) is 15.6 Å². The molecule has 0 saturated heterocycles. The molecule has 2 N–H and O–H groups in total. The zero-order chi connectivity index (χ0) is 22.4. The Morgan fingerprint density at radius 1 is 1.10 bits per heavy atom. The summed E-state index contributed by atoms with van der Waals surface area (Å²) in [6.45, 7) is 6.44. The molecular weight excluding hydrogens is 433 g/mol. The van der Waals surface area contributed by atoms with E-state index in [1.165, 1.54) is 11.3 Å².